The van der Waals surface area contributed by atoms with Crippen molar-refractivity contribution in [3.05, 3.63) is 58.9 Å². The third kappa shape index (κ3) is 2.07. The van der Waals surface area contributed by atoms with Crippen molar-refractivity contribution >= 4 is 11.6 Å². The van der Waals surface area contributed by atoms with Gasteiger partial charge in [0.25, 0.3) is 5.78 Å². The van der Waals surface area contributed by atoms with Crippen molar-refractivity contribution in [1.82, 2.24) is 19.6 Å². The van der Waals surface area contributed by atoms with Crippen molar-refractivity contribution < 1.29 is 9.18 Å². The van der Waals surface area contributed by atoms with Crippen LogP contribution in [0.3, 0.4) is 0 Å². The Morgan fingerprint density at radius 1 is 1.18 bits per heavy atom. The lowest BCUT2D eigenvalue weighted by atomic mass is 9.82. The van der Waals surface area contributed by atoms with Crippen LogP contribution in [0.15, 0.2) is 30.5 Å². The van der Waals surface area contributed by atoms with Gasteiger partial charge in [0.2, 0.25) is 0 Å². The Bertz CT molecular complexity index is 885. The summed E-state index contributed by atoms with van der Waals surface area (Å²) in [6.45, 7) is 1.79. The lowest BCUT2D eigenvalue weighted by Crippen LogP contribution is -2.21. The third-order valence-corrected chi connectivity index (χ3v) is 4.03. The second kappa shape index (κ2) is 4.69. The molecule has 0 saturated carbocycles. The highest BCUT2D eigenvalue weighted by Crippen LogP contribution is 2.31. The summed E-state index contributed by atoms with van der Waals surface area (Å²) in [7, 11) is 0. The topological polar surface area (TPSA) is 60.1 Å². The van der Waals surface area contributed by atoms with E-state index in [9.17, 15) is 9.18 Å². The van der Waals surface area contributed by atoms with Gasteiger partial charge in [0.15, 0.2) is 5.78 Å². The number of rotatable bonds is 1. The lowest BCUT2D eigenvalue weighted by molar-refractivity contribution is 0.0962. The Labute approximate surface area is 125 Å². The highest BCUT2D eigenvalue weighted by Gasteiger charge is 2.28. The van der Waals surface area contributed by atoms with E-state index < -0.39 is 0 Å². The second-order valence-corrected chi connectivity index (χ2v) is 5.58. The summed E-state index contributed by atoms with van der Waals surface area (Å²) in [5.41, 5.74) is 2.31. The van der Waals surface area contributed by atoms with Gasteiger partial charge in [-0.1, -0.05) is 12.1 Å². The maximum Gasteiger partial charge on any atom is 0.252 e. The summed E-state index contributed by atoms with van der Waals surface area (Å²) in [6, 6.07) is 6.32. The van der Waals surface area contributed by atoms with Crippen molar-refractivity contribution in [2.24, 2.45) is 0 Å². The average Bonchev–Trinajstić information content (AvgIpc) is 2.85. The molecular formula is C16H13FN4O. The maximum absolute atomic E-state index is 13.0. The van der Waals surface area contributed by atoms with Crippen LogP contribution >= 0.6 is 0 Å². The van der Waals surface area contributed by atoms with Crippen LogP contribution in [0.1, 0.15) is 39.8 Å². The predicted octanol–water partition coefficient (Wildman–Crippen LogP) is 2.48. The molecule has 1 aliphatic rings. The molecule has 2 heterocycles. The smallest absolute Gasteiger partial charge is 0.252 e. The van der Waals surface area contributed by atoms with Gasteiger partial charge in [-0.15, -0.1) is 0 Å². The van der Waals surface area contributed by atoms with Crippen LogP contribution in [0.4, 0.5) is 4.39 Å². The molecule has 0 unspecified atom stereocenters. The predicted molar refractivity (Wildman–Crippen MR) is 77.3 cm³/mol. The molecule has 110 valence electrons. The van der Waals surface area contributed by atoms with E-state index >= 15 is 0 Å². The Morgan fingerprint density at radius 2 is 1.95 bits per heavy atom. The van der Waals surface area contributed by atoms with Crippen LogP contribution in [-0.4, -0.2) is 25.4 Å². The monoisotopic (exact) mass is 296 g/mol. The molecule has 0 saturated heterocycles. The minimum atomic E-state index is -0.273. The molecule has 3 aromatic rings. The number of hydrogen-bond donors (Lipinski definition) is 0. The number of halogens is 1. The lowest BCUT2D eigenvalue weighted by Gasteiger charge is -2.23. The zero-order valence-corrected chi connectivity index (χ0v) is 12.0. The van der Waals surface area contributed by atoms with Crippen molar-refractivity contribution in [3.8, 4) is 0 Å². The number of aromatic nitrogens is 4. The quantitative estimate of drug-likeness (QED) is 0.692. The zero-order chi connectivity index (χ0) is 15.3. The first-order valence-electron chi connectivity index (χ1n) is 7.12. The number of fused-ring (bicyclic) bond motifs is 2. The van der Waals surface area contributed by atoms with Gasteiger partial charge in [0.05, 0.1) is 11.3 Å². The summed E-state index contributed by atoms with van der Waals surface area (Å²) in [4.78, 5) is 21.1. The average molecular weight is 296 g/mol. The molecule has 0 fully saturated rings. The Hall–Kier alpha value is -2.63. The molecule has 0 spiro atoms. The van der Waals surface area contributed by atoms with E-state index in [1.165, 1.54) is 12.1 Å². The molecular weight excluding hydrogens is 283 g/mol. The first-order chi connectivity index (χ1) is 10.6. The molecule has 0 bridgehead atoms. The van der Waals surface area contributed by atoms with Crippen LogP contribution in [0.2, 0.25) is 0 Å². The number of aryl methyl sites for hydroxylation is 1. The van der Waals surface area contributed by atoms with E-state index in [4.69, 9.17) is 0 Å². The van der Waals surface area contributed by atoms with Crippen LogP contribution in [-0.2, 0) is 6.42 Å². The molecule has 0 N–H and O–H groups in total. The summed E-state index contributed by atoms with van der Waals surface area (Å²) < 4.78 is 14.6. The number of carbonyl (C=O) groups is 1. The van der Waals surface area contributed by atoms with E-state index in [-0.39, 0.29) is 17.5 Å². The van der Waals surface area contributed by atoms with Crippen LogP contribution in [0.5, 0.6) is 0 Å². The fourth-order valence-electron chi connectivity index (χ4n) is 2.96. The number of benzene rings is 1. The normalized spacial score (nSPS) is 17.7. The molecule has 5 nitrogen and oxygen atoms in total. The Kier molecular flexibility index (Phi) is 2.79. The number of Topliss-reactive ketones (excluding diaryl/α,β-unsaturated/α-hetero) is 1. The van der Waals surface area contributed by atoms with E-state index in [0.717, 1.165) is 11.3 Å². The van der Waals surface area contributed by atoms with E-state index in [1.54, 1.807) is 29.8 Å². The van der Waals surface area contributed by atoms with Crippen molar-refractivity contribution in [1.29, 1.82) is 0 Å². The molecule has 0 amide bonds. The van der Waals surface area contributed by atoms with Gasteiger partial charge in [0, 0.05) is 12.6 Å². The van der Waals surface area contributed by atoms with Crippen LogP contribution < -0.4 is 0 Å². The molecule has 2 aromatic heterocycles. The summed E-state index contributed by atoms with van der Waals surface area (Å²) in [5.74, 6) is 0.920. The summed E-state index contributed by atoms with van der Waals surface area (Å²) in [6.07, 6.45) is 2.76. The van der Waals surface area contributed by atoms with E-state index in [2.05, 4.69) is 15.1 Å². The van der Waals surface area contributed by atoms with Gasteiger partial charge in [0.1, 0.15) is 11.6 Å². The van der Waals surface area contributed by atoms with Gasteiger partial charge in [-0.05, 0) is 37.0 Å². The molecule has 0 aliphatic heterocycles. The molecule has 22 heavy (non-hydrogen) atoms. The van der Waals surface area contributed by atoms with Crippen molar-refractivity contribution in [2.75, 3.05) is 0 Å². The fourth-order valence-corrected chi connectivity index (χ4v) is 2.96. The van der Waals surface area contributed by atoms with Crippen molar-refractivity contribution in [3.63, 3.8) is 0 Å². The van der Waals surface area contributed by atoms with Gasteiger partial charge in [-0.25, -0.2) is 13.9 Å². The molecule has 4 rings (SSSR count). The van der Waals surface area contributed by atoms with Gasteiger partial charge in [-0.2, -0.15) is 10.1 Å². The first-order valence-corrected chi connectivity index (χ1v) is 7.12. The van der Waals surface area contributed by atoms with Crippen LogP contribution in [0.25, 0.3) is 5.78 Å². The highest BCUT2D eigenvalue weighted by atomic mass is 19.1. The Balaban J connectivity index is 1.77. The third-order valence-electron chi connectivity index (χ3n) is 4.03. The minimum absolute atomic E-state index is 0.0274. The van der Waals surface area contributed by atoms with Gasteiger partial charge >= 0.3 is 0 Å². The number of carbonyl (C=O) groups excluding carboxylic acids is 1. The molecule has 1 atom stereocenters. The zero-order valence-electron chi connectivity index (χ0n) is 12.0. The molecule has 1 aromatic carbocycles. The van der Waals surface area contributed by atoms with Gasteiger partial charge in [-0.3, -0.25) is 4.79 Å². The number of hydrogen-bond acceptors (Lipinski definition) is 4. The Morgan fingerprint density at radius 3 is 2.73 bits per heavy atom. The van der Waals surface area contributed by atoms with Crippen molar-refractivity contribution in [2.45, 2.75) is 25.7 Å². The highest BCUT2D eigenvalue weighted by molar-refractivity contribution is 5.98. The van der Waals surface area contributed by atoms with Crippen LogP contribution in [0, 0.1) is 12.7 Å². The first kappa shape index (κ1) is 13.1. The summed E-state index contributed by atoms with van der Waals surface area (Å²) in [5, 5.41) is 4.19. The molecule has 0 radical (unpaired) electrons. The maximum atomic E-state index is 13.0. The SMILES string of the molecule is Cc1nc2nc3c(cn2n1)C(=O)C[C@H](c1ccc(F)cc1)C3. The fraction of sp³-hybridized carbons (Fsp3) is 0.250. The number of ketones is 1. The minimum Gasteiger partial charge on any atom is -0.294 e. The number of nitrogens with zero attached hydrogens (tertiary/aromatic N) is 4. The van der Waals surface area contributed by atoms with E-state index in [0.29, 0.717) is 30.0 Å². The molecule has 6 heteroatoms. The van der Waals surface area contributed by atoms with E-state index in [1.807, 2.05) is 0 Å². The molecule has 1 aliphatic carbocycles. The second-order valence-electron chi connectivity index (χ2n) is 5.58. The largest absolute Gasteiger partial charge is 0.294 e. The van der Waals surface area contributed by atoms with Gasteiger partial charge < -0.3 is 0 Å². The summed E-state index contributed by atoms with van der Waals surface area (Å²) >= 11 is 0. The standard InChI is InChI=1S/C16H13FN4O/c1-9-18-16-19-14-6-11(10-2-4-12(17)5-3-10)7-15(22)13(14)8-21(16)20-9/h2-5,8,11H,6-7H2,1H3/t11-/m1/s1.